The van der Waals surface area contributed by atoms with Crippen molar-refractivity contribution in [3.05, 3.63) is 206 Å². The topological polar surface area (TPSA) is 323 Å². The molecule has 0 aliphatic carbocycles. The number of hydrogen-bond donors (Lipinski definition) is 0. The number of nitrogens with zero attached hydrogens (tertiary/aromatic N) is 6. The summed E-state index contributed by atoms with van der Waals surface area (Å²) < 4.78 is 43.8. The molecule has 6 aromatic rings. The van der Waals surface area contributed by atoms with Crippen molar-refractivity contribution < 1.29 is 62.7 Å². The molecule has 0 heterocycles. The summed E-state index contributed by atoms with van der Waals surface area (Å²) >= 11 is 0. The first-order valence-electron chi connectivity index (χ1n) is 20.8. The van der Waals surface area contributed by atoms with E-state index in [1.807, 2.05) is 0 Å². The summed E-state index contributed by atoms with van der Waals surface area (Å²) in [5.74, 6) is 1.11. The van der Waals surface area contributed by atoms with Gasteiger partial charge in [-0.25, -0.2) is 0 Å². The van der Waals surface area contributed by atoms with E-state index in [4.69, 9.17) is 33.2 Å². The van der Waals surface area contributed by atoms with Crippen LogP contribution in [-0.4, -0.2) is 82.4 Å². The minimum absolute atomic E-state index is 0.185. The molecule has 0 saturated heterocycles. The lowest BCUT2D eigenvalue weighted by atomic mass is 9.90. The molecule has 0 atom stereocenters. The van der Waals surface area contributed by atoms with E-state index in [-0.39, 0.29) is 121 Å². The first-order valence-corrected chi connectivity index (χ1v) is 20.8. The van der Waals surface area contributed by atoms with Crippen LogP contribution in [0.15, 0.2) is 146 Å². The van der Waals surface area contributed by atoms with Gasteiger partial charge in [-0.1, -0.05) is 0 Å². The lowest BCUT2D eigenvalue weighted by molar-refractivity contribution is -0.385. The number of nitro groups is 6. The number of hydrogen-bond acceptors (Lipinski definition) is 19. The monoisotopic (exact) mass is 980 g/mol. The fourth-order valence-corrected chi connectivity index (χ4v) is 6.39. The highest BCUT2D eigenvalue weighted by Gasteiger charge is 2.40. The third-order valence-corrected chi connectivity index (χ3v) is 10.4. The van der Waals surface area contributed by atoms with Crippen LogP contribution in [0.1, 0.15) is 0 Å². The van der Waals surface area contributed by atoms with Crippen LogP contribution in [0.3, 0.4) is 0 Å². The molecule has 0 aliphatic rings. The predicted molar refractivity (Wildman–Crippen MR) is 247 cm³/mol. The lowest BCUT2D eigenvalue weighted by Gasteiger charge is -2.36. The highest BCUT2D eigenvalue weighted by atomic mass is 16.6. The average Bonchev–Trinajstić information content (AvgIpc) is 3.37. The van der Waals surface area contributed by atoms with E-state index in [9.17, 15) is 60.7 Å². The summed E-state index contributed by atoms with van der Waals surface area (Å²) in [6.45, 7) is -2.43. The maximum Gasteiger partial charge on any atom is 0.269 e. The molecule has 0 bridgehead atoms. The van der Waals surface area contributed by atoms with Gasteiger partial charge in [-0.15, -0.1) is 0 Å². The maximum absolute atomic E-state index is 11.4. The largest absolute Gasteiger partial charge is 0.493 e. The molecule has 0 aliphatic heterocycles. The standard InChI is InChI=1S/C46H40N6O19/c53-47(54)33-1-13-39(14-2-33)66-27-45(28-67-40-15-3-34(4-16-40)48(55)56,29-68-41-17-5-35(6-18-41)49(57)58)25-65-26-46(30-69-42-19-7-36(8-20-42)50(59)60,31-70-43-21-9-37(10-22-43)51(61)62)32-71-44-23-11-38(12-24-44)52(63)64/h1-24H,25-32H2. The number of non-ortho nitro benzene ring substituents is 6. The molecule has 25 nitrogen and oxygen atoms in total. The van der Waals surface area contributed by atoms with E-state index < -0.39 is 40.4 Å². The summed E-state index contributed by atoms with van der Waals surface area (Å²) in [7, 11) is 0. The van der Waals surface area contributed by atoms with Gasteiger partial charge in [-0.05, 0) is 72.8 Å². The van der Waals surface area contributed by atoms with E-state index in [0.29, 0.717) is 0 Å². The number of nitro benzene ring substituents is 6. The predicted octanol–water partition coefficient (Wildman–Crippen LogP) is 8.90. The van der Waals surface area contributed by atoms with Crippen LogP contribution in [0.2, 0.25) is 0 Å². The summed E-state index contributed by atoms with van der Waals surface area (Å²) in [6.07, 6.45) is 0. The number of rotatable bonds is 28. The van der Waals surface area contributed by atoms with Crippen molar-refractivity contribution in [1.29, 1.82) is 0 Å². The van der Waals surface area contributed by atoms with Crippen molar-refractivity contribution >= 4 is 34.1 Å². The van der Waals surface area contributed by atoms with Crippen LogP contribution in [0.25, 0.3) is 0 Å². The minimum Gasteiger partial charge on any atom is -0.493 e. The van der Waals surface area contributed by atoms with Gasteiger partial charge in [0.05, 0.1) is 53.6 Å². The zero-order valence-corrected chi connectivity index (χ0v) is 37.0. The van der Waals surface area contributed by atoms with Crippen molar-refractivity contribution in [3.8, 4) is 34.5 Å². The van der Waals surface area contributed by atoms with Crippen molar-refractivity contribution in [2.24, 2.45) is 10.8 Å². The Kier molecular flexibility index (Phi) is 16.8. The first-order chi connectivity index (χ1) is 34.0. The molecule has 6 aromatic carbocycles. The van der Waals surface area contributed by atoms with Gasteiger partial charge in [0.15, 0.2) is 0 Å². The van der Waals surface area contributed by atoms with Gasteiger partial charge in [0, 0.05) is 72.8 Å². The van der Waals surface area contributed by atoms with Crippen molar-refractivity contribution in [3.63, 3.8) is 0 Å². The quantitative estimate of drug-likeness (QED) is 0.0327. The van der Waals surface area contributed by atoms with Crippen molar-refractivity contribution in [2.45, 2.75) is 0 Å². The van der Waals surface area contributed by atoms with E-state index in [2.05, 4.69) is 0 Å². The maximum atomic E-state index is 11.4. The average molecular weight is 981 g/mol. The van der Waals surface area contributed by atoms with Crippen LogP contribution >= 0.6 is 0 Å². The summed E-state index contributed by atoms with van der Waals surface area (Å²) in [4.78, 5) is 65.0. The molecule has 6 rings (SSSR count). The highest BCUT2D eigenvalue weighted by molar-refractivity contribution is 5.40. The Labute approximate surface area is 400 Å². The zero-order chi connectivity index (χ0) is 51.0. The summed E-state index contributed by atoms with van der Waals surface area (Å²) in [5.41, 5.74) is -4.07. The smallest absolute Gasteiger partial charge is 0.269 e. The van der Waals surface area contributed by atoms with E-state index in [1.165, 1.54) is 146 Å². The second kappa shape index (κ2) is 23.5. The molecule has 0 fully saturated rings. The zero-order valence-electron chi connectivity index (χ0n) is 37.0. The van der Waals surface area contributed by atoms with Crippen LogP contribution in [0, 0.1) is 71.5 Å². The number of benzene rings is 6. The van der Waals surface area contributed by atoms with Gasteiger partial charge in [0.1, 0.15) is 74.1 Å². The number of ether oxygens (including phenoxy) is 7. The Hall–Kier alpha value is -9.52. The fraction of sp³-hybridized carbons (Fsp3) is 0.217. The molecule has 0 saturated carbocycles. The molecule has 0 aromatic heterocycles. The van der Waals surface area contributed by atoms with Gasteiger partial charge in [-0.3, -0.25) is 60.7 Å². The molecule has 0 amide bonds. The van der Waals surface area contributed by atoms with Gasteiger partial charge >= 0.3 is 0 Å². The van der Waals surface area contributed by atoms with E-state index in [1.54, 1.807) is 0 Å². The molecule has 0 N–H and O–H groups in total. The molecular formula is C46H40N6O19. The SMILES string of the molecule is O=[N+]([O-])c1ccc(OCC(COCC(COc2ccc([N+](=O)[O-])cc2)(COc2ccc([N+](=O)[O-])cc2)COc2ccc([N+](=O)[O-])cc2)(COc2ccc([N+](=O)[O-])cc2)COc2ccc([N+](=O)[O-])cc2)cc1. The summed E-state index contributed by atoms with van der Waals surface area (Å²) in [5, 5.41) is 68.5. The van der Waals surface area contributed by atoms with Crippen LogP contribution in [0.5, 0.6) is 34.5 Å². The molecule has 71 heavy (non-hydrogen) atoms. The normalized spacial score (nSPS) is 11.2. The van der Waals surface area contributed by atoms with E-state index >= 15 is 0 Å². The van der Waals surface area contributed by atoms with Gasteiger partial charge in [-0.2, -0.15) is 0 Å². The second-order valence-corrected chi connectivity index (χ2v) is 15.7. The second-order valence-electron chi connectivity index (χ2n) is 15.7. The third-order valence-electron chi connectivity index (χ3n) is 10.4. The highest BCUT2D eigenvalue weighted by Crippen LogP contribution is 2.32. The van der Waals surface area contributed by atoms with E-state index in [0.717, 1.165) is 0 Å². The summed E-state index contributed by atoms with van der Waals surface area (Å²) in [6, 6.07) is 31.1. The van der Waals surface area contributed by atoms with Crippen molar-refractivity contribution in [1.82, 2.24) is 0 Å². The van der Waals surface area contributed by atoms with Crippen LogP contribution < -0.4 is 28.4 Å². The molecule has 0 spiro atoms. The van der Waals surface area contributed by atoms with Crippen LogP contribution in [0.4, 0.5) is 34.1 Å². The molecule has 368 valence electrons. The minimum atomic E-state index is -1.39. The Bertz CT molecular complexity index is 2310. The Morgan fingerprint density at radius 3 is 0.521 bits per heavy atom. The van der Waals surface area contributed by atoms with Gasteiger partial charge in [0.25, 0.3) is 34.1 Å². The Balaban J connectivity index is 1.38. The van der Waals surface area contributed by atoms with Crippen molar-refractivity contribution in [2.75, 3.05) is 52.9 Å². The molecule has 0 unspecified atom stereocenters. The Morgan fingerprint density at radius 2 is 0.394 bits per heavy atom. The van der Waals surface area contributed by atoms with Crippen LogP contribution in [-0.2, 0) is 4.74 Å². The first kappa shape index (κ1) is 50.9. The fourth-order valence-electron chi connectivity index (χ4n) is 6.39. The lowest BCUT2D eigenvalue weighted by Crippen LogP contribution is -2.48. The van der Waals surface area contributed by atoms with Gasteiger partial charge < -0.3 is 33.2 Å². The molecular weight excluding hydrogens is 941 g/mol. The molecule has 25 heteroatoms. The molecule has 0 radical (unpaired) electrons. The van der Waals surface area contributed by atoms with Gasteiger partial charge in [0.2, 0.25) is 0 Å². The third kappa shape index (κ3) is 14.7. The Morgan fingerprint density at radius 1 is 0.254 bits per heavy atom.